The van der Waals surface area contributed by atoms with Crippen LogP contribution in [0.5, 0.6) is 0 Å². The third-order valence-electron chi connectivity index (χ3n) is 3.88. The van der Waals surface area contributed by atoms with Gasteiger partial charge >= 0.3 is 6.18 Å². The topological polar surface area (TPSA) is 77.9 Å². The van der Waals surface area contributed by atoms with E-state index in [1.165, 1.54) is 25.1 Å². The third-order valence-corrected chi connectivity index (χ3v) is 5.83. The fourth-order valence-corrected chi connectivity index (χ4v) is 3.72. The van der Waals surface area contributed by atoms with Crippen molar-refractivity contribution in [1.82, 2.24) is 9.21 Å². The van der Waals surface area contributed by atoms with Crippen molar-refractivity contribution in [3.05, 3.63) is 0 Å². The van der Waals surface area contributed by atoms with E-state index in [2.05, 4.69) is 0 Å². The molecular weight excluding hydrogens is 325 g/mol. The molecule has 1 aliphatic heterocycles. The first-order valence-corrected chi connectivity index (χ1v) is 8.46. The van der Waals surface area contributed by atoms with Crippen molar-refractivity contribution in [2.24, 2.45) is 0 Å². The number of rotatable bonds is 3. The number of sulfonamides is 1. The van der Waals surface area contributed by atoms with Crippen molar-refractivity contribution in [1.29, 1.82) is 0 Å². The molecule has 0 saturated carbocycles. The van der Waals surface area contributed by atoms with E-state index in [-0.39, 0.29) is 18.8 Å². The Bertz CT molecular complexity index is 533. The largest absolute Gasteiger partial charge is 0.426 e. The Balaban J connectivity index is 3.02. The summed E-state index contributed by atoms with van der Waals surface area (Å²) in [6.45, 7) is 4.54. The number of alkyl halides is 3. The maximum absolute atomic E-state index is 12.8. The maximum Gasteiger partial charge on any atom is 0.426 e. The van der Waals surface area contributed by atoms with Gasteiger partial charge in [-0.15, -0.1) is 0 Å². The molecule has 1 saturated heterocycles. The highest BCUT2D eigenvalue weighted by molar-refractivity contribution is 7.89. The van der Waals surface area contributed by atoms with Crippen LogP contribution in [0.3, 0.4) is 0 Å². The lowest BCUT2D eigenvalue weighted by Gasteiger charge is -2.45. The molecule has 1 aliphatic rings. The number of halogens is 3. The zero-order valence-electron chi connectivity index (χ0n) is 12.9. The summed E-state index contributed by atoms with van der Waals surface area (Å²) in [4.78, 5) is 12.9. The second kappa shape index (κ2) is 5.97. The van der Waals surface area contributed by atoms with Crippen LogP contribution in [0.2, 0.25) is 0 Å². The van der Waals surface area contributed by atoms with E-state index in [1.807, 2.05) is 0 Å². The minimum atomic E-state index is -5.10. The molecule has 130 valence electrons. The number of amides is 1. The first-order valence-electron chi connectivity index (χ1n) is 6.85. The van der Waals surface area contributed by atoms with Crippen molar-refractivity contribution in [2.75, 3.05) is 18.8 Å². The van der Waals surface area contributed by atoms with Gasteiger partial charge in [0.15, 0.2) is 0 Å². The Morgan fingerprint density at radius 2 is 1.73 bits per heavy atom. The minimum absolute atomic E-state index is 0.100. The molecule has 0 aromatic heterocycles. The van der Waals surface area contributed by atoms with Crippen LogP contribution in [0, 0.1) is 0 Å². The number of hydrogen-bond acceptors (Lipinski definition) is 4. The molecule has 0 radical (unpaired) electrons. The molecule has 1 rings (SSSR count). The van der Waals surface area contributed by atoms with Gasteiger partial charge in [0.25, 0.3) is 5.91 Å². The van der Waals surface area contributed by atoms with Crippen LogP contribution in [0.15, 0.2) is 0 Å². The first kappa shape index (κ1) is 19.2. The predicted molar refractivity (Wildman–Crippen MR) is 73.5 cm³/mol. The quantitative estimate of drug-likeness (QED) is 0.810. The molecule has 0 unspecified atom stereocenters. The monoisotopic (exact) mass is 346 g/mol. The Morgan fingerprint density at radius 1 is 1.23 bits per heavy atom. The SMILES string of the molecule is CCS(=O)(=O)N1C[C@H](C)N(C(=O)[C@@](C)(O)C(F)(F)F)C[C@H]1C. The van der Waals surface area contributed by atoms with E-state index in [0.29, 0.717) is 6.92 Å². The third kappa shape index (κ3) is 3.38. The van der Waals surface area contributed by atoms with Gasteiger partial charge in [-0.3, -0.25) is 4.79 Å². The fraction of sp³-hybridized carbons (Fsp3) is 0.917. The summed E-state index contributed by atoms with van der Waals surface area (Å²) in [5.74, 6) is -1.59. The number of carbonyl (C=O) groups excluding carboxylic acids is 1. The van der Waals surface area contributed by atoms with Gasteiger partial charge in [0.1, 0.15) is 0 Å². The number of nitrogens with zero attached hydrogens (tertiary/aromatic N) is 2. The molecule has 1 heterocycles. The van der Waals surface area contributed by atoms with E-state index >= 15 is 0 Å². The Labute approximate surface area is 127 Å². The lowest BCUT2D eigenvalue weighted by atomic mass is 10.0. The number of aliphatic hydroxyl groups is 1. The van der Waals surface area contributed by atoms with Gasteiger partial charge in [-0.2, -0.15) is 17.5 Å². The van der Waals surface area contributed by atoms with Gasteiger partial charge in [-0.25, -0.2) is 8.42 Å². The summed E-state index contributed by atoms with van der Waals surface area (Å²) in [5, 5.41) is 9.50. The number of hydrogen-bond donors (Lipinski definition) is 1. The zero-order valence-corrected chi connectivity index (χ0v) is 13.7. The van der Waals surface area contributed by atoms with Crippen LogP contribution in [-0.4, -0.2) is 71.3 Å². The second-order valence-electron chi connectivity index (χ2n) is 5.70. The van der Waals surface area contributed by atoms with Gasteiger partial charge in [-0.05, 0) is 27.7 Å². The molecule has 1 N–H and O–H groups in total. The van der Waals surface area contributed by atoms with Gasteiger partial charge in [0, 0.05) is 25.2 Å². The Kier molecular flexibility index (Phi) is 5.20. The number of piperazine rings is 1. The smallest absolute Gasteiger partial charge is 0.373 e. The molecule has 10 heteroatoms. The first-order chi connectivity index (χ1) is 9.75. The van der Waals surface area contributed by atoms with E-state index < -0.39 is 39.8 Å². The van der Waals surface area contributed by atoms with E-state index in [1.54, 1.807) is 0 Å². The van der Waals surface area contributed by atoms with E-state index in [0.717, 1.165) is 4.90 Å². The van der Waals surface area contributed by atoms with Gasteiger partial charge in [-0.1, -0.05) is 0 Å². The molecule has 22 heavy (non-hydrogen) atoms. The molecule has 0 aromatic rings. The lowest BCUT2D eigenvalue weighted by molar-refractivity contribution is -0.251. The summed E-state index contributed by atoms with van der Waals surface area (Å²) in [6, 6.07) is -1.42. The summed E-state index contributed by atoms with van der Waals surface area (Å²) in [7, 11) is -3.51. The average molecular weight is 346 g/mol. The molecule has 6 nitrogen and oxygen atoms in total. The van der Waals surface area contributed by atoms with Crippen LogP contribution in [-0.2, 0) is 14.8 Å². The van der Waals surface area contributed by atoms with Crippen molar-refractivity contribution in [3.8, 4) is 0 Å². The fourth-order valence-electron chi connectivity index (χ4n) is 2.33. The Hall–Kier alpha value is -0.870. The molecular formula is C12H21F3N2O4S. The molecule has 0 spiro atoms. The highest BCUT2D eigenvalue weighted by atomic mass is 32.2. The molecule has 0 aliphatic carbocycles. The molecule has 0 aromatic carbocycles. The van der Waals surface area contributed by atoms with Crippen molar-refractivity contribution < 1.29 is 31.5 Å². The normalized spacial score (nSPS) is 27.5. The Morgan fingerprint density at radius 3 is 2.14 bits per heavy atom. The van der Waals surface area contributed by atoms with Gasteiger partial charge in [0.2, 0.25) is 15.6 Å². The predicted octanol–water partition coefficient (Wildman–Crippen LogP) is 0.571. The summed E-state index contributed by atoms with van der Waals surface area (Å²) in [6.07, 6.45) is -5.10. The maximum atomic E-state index is 12.8. The molecule has 1 fully saturated rings. The second-order valence-corrected chi connectivity index (χ2v) is 7.91. The zero-order chi connectivity index (χ0) is 17.5. The van der Waals surface area contributed by atoms with Crippen LogP contribution >= 0.6 is 0 Å². The number of carbonyl (C=O) groups is 1. The molecule has 3 atom stereocenters. The van der Waals surface area contributed by atoms with Crippen molar-refractivity contribution in [2.45, 2.75) is 51.6 Å². The van der Waals surface area contributed by atoms with Crippen LogP contribution in [0.1, 0.15) is 27.7 Å². The van der Waals surface area contributed by atoms with Gasteiger partial charge in [0.05, 0.1) is 5.75 Å². The highest BCUT2D eigenvalue weighted by Crippen LogP contribution is 2.33. The van der Waals surface area contributed by atoms with Crippen LogP contribution < -0.4 is 0 Å². The molecule has 1 amide bonds. The summed E-state index contributed by atoms with van der Waals surface area (Å²) >= 11 is 0. The minimum Gasteiger partial charge on any atom is -0.373 e. The van der Waals surface area contributed by atoms with E-state index in [4.69, 9.17) is 0 Å². The standard InChI is InChI=1S/C12H21F3N2O4S/c1-5-22(20,21)17-7-8(2)16(6-9(17)3)10(18)11(4,19)12(13,14)15/h8-9,19H,5-7H2,1-4H3/t8-,9+,11+/m0/s1. The van der Waals surface area contributed by atoms with Crippen LogP contribution in [0.25, 0.3) is 0 Å². The van der Waals surface area contributed by atoms with Gasteiger partial charge < -0.3 is 10.0 Å². The molecule has 0 bridgehead atoms. The van der Waals surface area contributed by atoms with Crippen molar-refractivity contribution >= 4 is 15.9 Å². The lowest BCUT2D eigenvalue weighted by Crippen LogP contribution is -2.65. The van der Waals surface area contributed by atoms with Crippen LogP contribution in [0.4, 0.5) is 13.2 Å². The highest BCUT2D eigenvalue weighted by Gasteiger charge is 2.58. The van der Waals surface area contributed by atoms with E-state index in [9.17, 15) is 31.5 Å². The van der Waals surface area contributed by atoms with Crippen molar-refractivity contribution in [3.63, 3.8) is 0 Å². The summed E-state index contributed by atoms with van der Waals surface area (Å²) in [5.41, 5.74) is -3.49. The average Bonchev–Trinajstić information content (AvgIpc) is 2.38. The summed E-state index contributed by atoms with van der Waals surface area (Å²) < 4.78 is 63.4.